The molecule has 5 heteroatoms. The zero-order valence-corrected chi connectivity index (χ0v) is 7.13. The molecule has 0 fully saturated rings. The molecule has 0 aliphatic rings. The Morgan fingerprint density at radius 3 is 2.25 bits per heavy atom. The molecule has 1 aromatic rings. The Labute approximate surface area is 71.8 Å². The third-order valence-electron chi connectivity index (χ3n) is 1.46. The van der Waals surface area contributed by atoms with Crippen molar-refractivity contribution < 1.29 is 19.0 Å². The molecule has 0 radical (unpaired) electrons. The largest absolute Gasteiger partial charge is 0.504 e. The summed E-state index contributed by atoms with van der Waals surface area (Å²) in [5.41, 5.74) is 0.464. The molecule has 1 unspecified atom stereocenters. The molecule has 0 bridgehead atoms. The summed E-state index contributed by atoms with van der Waals surface area (Å²) >= 11 is -2.13. The van der Waals surface area contributed by atoms with Crippen LogP contribution in [0.5, 0.6) is 11.5 Å². The molecule has 66 valence electrons. The number of phenols is 2. The summed E-state index contributed by atoms with van der Waals surface area (Å²) in [5.74, 6) is -0.681. The minimum atomic E-state index is -2.13. The molecule has 4 nitrogen and oxygen atoms in total. The highest BCUT2D eigenvalue weighted by molar-refractivity contribution is 7.79. The summed E-state index contributed by atoms with van der Waals surface area (Å²) in [6.45, 7) is 1.57. The van der Waals surface area contributed by atoms with E-state index in [0.717, 1.165) is 6.07 Å². The number of hydrogen-bond donors (Lipinski definition) is 3. The van der Waals surface area contributed by atoms with Crippen molar-refractivity contribution in [3.8, 4) is 11.5 Å². The number of aryl methyl sites for hydroxylation is 1. The SMILES string of the molecule is Cc1cc(O)c(O)cc1S(=O)O. The summed E-state index contributed by atoms with van der Waals surface area (Å²) in [6.07, 6.45) is 0. The third-order valence-corrected chi connectivity index (χ3v) is 2.28. The van der Waals surface area contributed by atoms with Crippen molar-refractivity contribution >= 4 is 11.1 Å². The molecule has 0 saturated carbocycles. The molecule has 12 heavy (non-hydrogen) atoms. The predicted molar refractivity (Wildman–Crippen MR) is 43.5 cm³/mol. The van der Waals surface area contributed by atoms with Gasteiger partial charge in [-0.3, -0.25) is 0 Å². The van der Waals surface area contributed by atoms with Crippen LogP contribution < -0.4 is 0 Å². The quantitative estimate of drug-likeness (QED) is 0.453. The first kappa shape index (κ1) is 9.02. The van der Waals surface area contributed by atoms with E-state index in [1.165, 1.54) is 6.07 Å². The number of aromatic hydroxyl groups is 2. The molecule has 0 saturated heterocycles. The zero-order chi connectivity index (χ0) is 9.30. The van der Waals surface area contributed by atoms with Crippen molar-refractivity contribution in [2.75, 3.05) is 0 Å². The van der Waals surface area contributed by atoms with Crippen LogP contribution in [0.3, 0.4) is 0 Å². The van der Waals surface area contributed by atoms with Crippen LogP contribution in [-0.2, 0) is 11.1 Å². The Balaban J connectivity index is 3.33. The molecular weight excluding hydrogens is 180 g/mol. The second kappa shape index (κ2) is 3.12. The maximum Gasteiger partial charge on any atom is 0.186 e. The highest BCUT2D eigenvalue weighted by atomic mass is 32.2. The van der Waals surface area contributed by atoms with Gasteiger partial charge in [-0.15, -0.1) is 0 Å². The number of phenolic OH excluding ortho intramolecular Hbond substituents is 2. The zero-order valence-electron chi connectivity index (χ0n) is 6.31. The van der Waals surface area contributed by atoms with E-state index >= 15 is 0 Å². The van der Waals surface area contributed by atoms with Gasteiger partial charge in [0.15, 0.2) is 22.6 Å². The Bertz CT molecular complexity index is 334. The van der Waals surface area contributed by atoms with E-state index in [9.17, 15) is 4.21 Å². The van der Waals surface area contributed by atoms with Gasteiger partial charge in [0, 0.05) is 6.07 Å². The van der Waals surface area contributed by atoms with E-state index in [1.807, 2.05) is 0 Å². The van der Waals surface area contributed by atoms with Gasteiger partial charge in [-0.2, -0.15) is 0 Å². The molecular formula is C7H8O4S. The molecule has 0 heterocycles. The van der Waals surface area contributed by atoms with Crippen LogP contribution in [0, 0.1) is 6.92 Å². The Morgan fingerprint density at radius 1 is 1.25 bits per heavy atom. The first-order valence-corrected chi connectivity index (χ1v) is 4.26. The summed E-state index contributed by atoms with van der Waals surface area (Å²) in [7, 11) is 0. The Hall–Kier alpha value is -1.07. The first-order chi connectivity index (χ1) is 5.52. The van der Waals surface area contributed by atoms with Gasteiger partial charge in [0.05, 0.1) is 4.90 Å². The maximum atomic E-state index is 10.6. The van der Waals surface area contributed by atoms with Crippen molar-refractivity contribution in [3.05, 3.63) is 17.7 Å². The lowest BCUT2D eigenvalue weighted by Crippen LogP contribution is -1.91. The van der Waals surface area contributed by atoms with Crippen LogP contribution in [-0.4, -0.2) is 19.0 Å². The van der Waals surface area contributed by atoms with Crippen LogP contribution in [0.15, 0.2) is 17.0 Å². The highest BCUT2D eigenvalue weighted by Crippen LogP contribution is 2.29. The summed E-state index contributed by atoms with van der Waals surface area (Å²) in [6, 6.07) is 2.31. The third kappa shape index (κ3) is 1.57. The van der Waals surface area contributed by atoms with Gasteiger partial charge >= 0.3 is 0 Å². The van der Waals surface area contributed by atoms with E-state index in [1.54, 1.807) is 6.92 Å². The topological polar surface area (TPSA) is 77.8 Å². The van der Waals surface area contributed by atoms with E-state index in [2.05, 4.69) is 0 Å². The van der Waals surface area contributed by atoms with Gasteiger partial charge in [-0.25, -0.2) is 4.21 Å². The number of rotatable bonds is 1. The van der Waals surface area contributed by atoms with Gasteiger partial charge in [0.2, 0.25) is 0 Å². The number of benzene rings is 1. The minimum absolute atomic E-state index is 0.102. The fourth-order valence-electron chi connectivity index (χ4n) is 0.850. The number of hydrogen-bond acceptors (Lipinski definition) is 3. The average molecular weight is 188 g/mol. The molecule has 0 aliphatic heterocycles. The fourth-order valence-corrected chi connectivity index (χ4v) is 1.40. The van der Waals surface area contributed by atoms with E-state index in [0.29, 0.717) is 5.56 Å². The van der Waals surface area contributed by atoms with Crippen LogP contribution in [0.25, 0.3) is 0 Å². The van der Waals surface area contributed by atoms with E-state index in [-0.39, 0.29) is 10.6 Å². The summed E-state index contributed by atoms with van der Waals surface area (Å²) in [4.78, 5) is 0.102. The van der Waals surface area contributed by atoms with Crippen molar-refractivity contribution in [1.82, 2.24) is 0 Å². The Morgan fingerprint density at radius 2 is 1.75 bits per heavy atom. The van der Waals surface area contributed by atoms with Crippen LogP contribution in [0.1, 0.15) is 5.56 Å². The highest BCUT2D eigenvalue weighted by Gasteiger charge is 2.08. The summed E-state index contributed by atoms with van der Waals surface area (Å²) in [5, 5.41) is 18.0. The van der Waals surface area contributed by atoms with Crippen molar-refractivity contribution in [2.45, 2.75) is 11.8 Å². The lowest BCUT2D eigenvalue weighted by Gasteiger charge is -2.03. The maximum absolute atomic E-state index is 10.6. The standard InChI is InChI=1S/C7H8O4S/c1-4-2-5(8)6(9)3-7(4)12(10)11/h2-3,8-9H,1H3,(H,10,11). The monoisotopic (exact) mass is 188 g/mol. The molecule has 0 spiro atoms. The average Bonchev–Trinajstić information content (AvgIpc) is 1.96. The second-order valence-electron chi connectivity index (χ2n) is 2.36. The first-order valence-electron chi connectivity index (χ1n) is 3.16. The molecule has 3 N–H and O–H groups in total. The van der Waals surface area contributed by atoms with E-state index < -0.39 is 16.8 Å². The molecule has 0 aromatic heterocycles. The smallest absolute Gasteiger partial charge is 0.186 e. The minimum Gasteiger partial charge on any atom is -0.504 e. The van der Waals surface area contributed by atoms with Crippen molar-refractivity contribution in [3.63, 3.8) is 0 Å². The lowest BCUT2D eigenvalue weighted by atomic mass is 10.2. The molecule has 0 amide bonds. The van der Waals surface area contributed by atoms with E-state index in [4.69, 9.17) is 14.8 Å². The Kier molecular flexibility index (Phi) is 2.35. The fraction of sp³-hybridized carbons (Fsp3) is 0.143. The van der Waals surface area contributed by atoms with Crippen molar-refractivity contribution in [1.29, 1.82) is 0 Å². The van der Waals surface area contributed by atoms with Crippen molar-refractivity contribution in [2.24, 2.45) is 0 Å². The van der Waals surface area contributed by atoms with Gasteiger partial charge in [-0.05, 0) is 18.6 Å². The summed E-state index contributed by atoms with van der Waals surface area (Å²) < 4.78 is 19.3. The molecule has 0 aliphatic carbocycles. The van der Waals surface area contributed by atoms with Gasteiger partial charge in [0.1, 0.15) is 0 Å². The van der Waals surface area contributed by atoms with Gasteiger partial charge in [0.25, 0.3) is 0 Å². The van der Waals surface area contributed by atoms with Crippen LogP contribution in [0.4, 0.5) is 0 Å². The lowest BCUT2D eigenvalue weighted by molar-refractivity contribution is 0.401. The van der Waals surface area contributed by atoms with Gasteiger partial charge in [-0.1, -0.05) is 0 Å². The molecule has 1 atom stereocenters. The second-order valence-corrected chi connectivity index (χ2v) is 3.29. The normalized spacial score (nSPS) is 12.8. The molecule has 1 aromatic carbocycles. The van der Waals surface area contributed by atoms with Gasteiger partial charge < -0.3 is 14.8 Å². The molecule has 1 rings (SSSR count). The van der Waals surface area contributed by atoms with Crippen LogP contribution >= 0.6 is 0 Å². The predicted octanol–water partition coefficient (Wildman–Crippen LogP) is 0.987. The van der Waals surface area contributed by atoms with Crippen LogP contribution in [0.2, 0.25) is 0 Å².